The highest BCUT2D eigenvalue weighted by atomic mass is 32.1. The van der Waals surface area contributed by atoms with Crippen molar-refractivity contribution < 1.29 is 4.42 Å². The molecule has 0 aliphatic rings. The van der Waals surface area contributed by atoms with Gasteiger partial charge in [-0.3, -0.25) is 0 Å². The lowest BCUT2D eigenvalue weighted by atomic mass is 9.98. The lowest BCUT2D eigenvalue weighted by Crippen LogP contribution is -2.12. The molecule has 45 heavy (non-hydrogen) atoms. The van der Waals surface area contributed by atoms with Crippen LogP contribution in [0.4, 0.5) is 17.1 Å². The number of anilines is 3. The Labute approximate surface area is 265 Å². The van der Waals surface area contributed by atoms with Crippen LogP contribution in [-0.4, -0.2) is 0 Å². The van der Waals surface area contributed by atoms with E-state index in [0.717, 1.165) is 39.0 Å². The molecule has 0 aliphatic carbocycles. The van der Waals surface area contributed by atoms with Crippen molar-refractivity contribution in [3.05, 3.63) is 164 Å². The lowest BCUT2D eigenvalue weighted by Gasteiger charge is -2.29. The summed E-state index contributed by atoms with van der Waals surface area (Å²) in [4.78, 5) is 2.43. The Hall–Kier alpha value is -5.64. The zero-order valence-electron chi connectivity index (χ0n) is 24.4. The van der Waals surface area contributed by atoms with E-state index in [-0.39, 0.29) is 0 Å². The fraction of sp³-hybridized carbons (Fsp3) is 0. The molecule has 0 spiro atoms. The van der Waals surface area contributed by atoms with Crippen LogP contribution in [0.1, 0.15) is 0 Å². The van der Waals surface area contributed by atoms with Gasteiger partial charge in [-0.05, 0) is 47.0 Å². The van der Waals surface area contributed by atoms with Crippen LogP contribution in [0.2, 0.25) is 0 Å². The van der Waals surface area contributed by atoms with E-state index in [2.05, 4.69) is 163 Å². The normalized spacial score (nSPS) is 11.6. The Bertz CT molecular complexity index is 2490. The van der Waals surface area contributed by atoms with Gasteiger partial charge in [-0.15, -0.1) is 11.3 Å². The van der Waals surface area contributed by atoms with Gasteiger partial charge in [0, 0.05) is 37.5 Å². The van der Waals surface area contributed by atoms with Crippen LogP contribution in [0, 0.1) is 0 Å². The monoisotopic (exact) mass is 593 g/mol. The minimum absolute atomic E-state index is 0.876. The number of nitrogens with zero attached hydrogens (tertiary/aromatic N) is 1. The fourth-order valence-corrected chi connectivity index (χ4v) is 7.84. The average molecular weight is 594 g/mol. The molecule has 9 rings (SSSR count). The Morgan fingerprint density at radius 2 is 1.13 bits per heavy atom. The predicted octanol–water partition coefficient (Wildman–Crippen LogP) is 12.8. The Morgan fingerprint density at radius 1 is 0.467 bits per heavy atom. The number of para-hydroxylation sites is 2. The third kappa shape index (κ3) is 4.24. The number of fused-ring (bicyclic) bond motifs is 6. The highest BCUT2D eigenvalue weighted by Crippen LogP contribution is 2.51. The van der Waals surface area contributed by atoms with Crippen molar-refractivity contribution in [2.75, 3.05) is 4.90 Å². The number of hydrogen-bond donors (Lipinski definition) is 0. The largest absolute Gasteiger partial charge is 0.454 e. The molecule has 0 saturated heterocycles. The third-order valence-corrected chi connectivity index (χ3v) is 9.86. The van der Waals surface area contributed by atoms with E-state index >= 15 is 0 Å². The van der Waals surface area contributed by atoms with Gasteiger partial charge >= 0.3 is 0 Å². The zero-order valence-corrected chi connectivity index (χ0v) is 25.2. The number of benzene rings is 7. The van der Waals surface area contributed by atoms with Crippen molar-refractivity contribution in [1.29, 1.82) is 0 Å². The summed E-state index contributed by atoms with van der Waals surface area (Å²) in [5.74, 6) is 0. The van der Waals surface area contributed by atoms with Crippen LogP contribution in [0.5, 0.6) is 0 Å². The number of rotatable bonds is 5. The summed E-state index contributed by atoms with van der Waals surface area (Å²) in [6.07, 6.45) is 0. The lowest BCUT2D eigenvalue weighted by molar-refractivity contribution is 0.669. The second-order valence-corrected chi connectivity index (χ2v) is 12.4. The van der Waals surface area contributed by atoms with E-state index in [9.17, 15) is 0 Å². The molecule has 0 unspecified atom stereocenters. The molecular weight excluding hydrogens is 567 g/mol. The van der Waals surface area contributed by atoms with E-state index in [4.69, 9.17) is 4.42 Å². The maximum absolute atomic E-state index is 6.70. The fourth-order valence-electron chi connectivity index (χ4n) is 6.60. The standard InChI is InChI=1S/C42H27NOS/c1-3-13-28(14-4-1)30-17-11-18-31(27-30)43(37-22-12-21-35-33-19-7-9-23-38(33)44-41(35)37)40-32(29-15-5-2-6-16-29)25-26-36-34-20-8-10-24-39(34)45-42(36)40/h1-27H. The summed E-state index contributed by atoms with van der Waals surface area (Å²) in [5, 5.41) is 4.76. The van der Waals surface area contributed by atoms with Crippen molar-refractivity contribution in [1.82, 2.24) is 0 Å². The highest BCUT2D eigenvalue weighted by molar-refractivity contribution is 7.26. The molecule has 2 aromatic heterocycles. The molecule has 0 atom stereocenters. The quantitative estimate of drug-likeness (QED) is 0.197. The Morgan fingerprint density at radius 3 is 1.98 bits per heavy atom. The van der Waals surface area contributed by atoms with Gasteiger partial charge in [-0.2, -0.15) is 0 Å². The summed E-state index contributed by atoms with van der Waals surface area (Å²) in [7, 11) is 0. The summed E-state index contributed by atoms with van der Waals surface area (Å²) in [6.45, 7) is 0. The van der Waals surface area contributed by atoms with Gasteiger partial charge in [0.15, 0.2) is 5.58 Å². The molecule has 3 heteroatoms. The van der Waals surface area contributed by atoms with Crippen LogP contribution < -0.4 is 4.90 Å². The Balaban J connectivity index is 1.42. The molecule has 212 valence electrons. The molecule has 0 aliphatic heterocycles. The molecule has 2 heterocycles. The summed E-state index contributed by atoms with van der Waals surface area (Å²) < 4.78 is 9.22. The second kappa shape index (κ2) is 10.5. The van der Waals surface area contributed by atoms with Crippen LogP contribution in [0.15, 0.2) is 168 Å². The third-order valence-electron chi connectivity index (χ3n) is 8.67. The van der Waals surface area contributed by atoms with E-state index in [0.29, 0.717) is 0 Å². The minimum atomic E-state index is 0.876. The number of furan rings is 1. The van der Waals surface area contributed by atoms with Gasteiger partial charge in [0.25, 0.3) is 0 Å². The van der Waals surface area contributed by atoms with Crippen molar-refractivity contribution in [3.63, 3.8) is 0 Å². The first kappa shape index (κ1) is 25.8. The van der Waals surface area contributed by atoms with Crippen molar-refractivity contribution in [3.8, 4) is 22.3 Å². The molecule has 7 aromatic carbocycles. The second-order valence-electron chi connectivity index (χ2n) is 11.3. The van der Waals surface area contributed by atoms with Crippen LogP contribution in [0.25, 0.3) is 64.4 Å². The predicted molar refractivity (Wildman–Crippen MR) is 192 cm³/mol. The first-order valence-electron chi connectivity index (χ1n) is 15.2. The smallest absolute Gasteiger partial charge is 0.159 e. The minimum Gasteiger partial charge on any atom is -0.454 e. The van der Waals surface area contributed by atoms with E-state index in [1.54, 1.807) is 0 Å². The van der Waals surface area contributed by atoms with E-state index < -0.39 is 0 Å². The van der Waals surface area contributed by atoms with Gasteiger partial charge < -0.3 is 9.32 Å². The Kier molecular flexibility index (Phi) is 6.03. The van der Waals surface area contributed by atoms with Gasteiger partial charge in [0.1, 0.15) is 5.58 Å². The molecule has 0 amide bonds. The summed E-state index contributed by atoms with van der Waals surface area (Å²) in [6, 6.07) is 58.4. The first-order valence-corrected chi connectivity index (χ1v) is 16.0. The van der Waals surface area contributed by atoms with Gasteiger partial charge in [-0.1, -0.05) is 133 Å². The van der Waals surface area contributed by atoms with Gasteiger partial charge in [0.2, 0.25) is 0 Å². The highest BCUT2D eigenvalue weighted by Gasteiger charge is 2.25. The molecular formula is C42H27NOS. The SMILES string of the molecule is c1ccc(-c2cccc(N(c3cccc4c3oc3ccccc34)c3c(-c4ccccc4)ccc4c3sc3ccccc34)c2)cc1. The first-order chi connectivity index (χ1) is 22.3. The molecule has 9 aromatic rings. The summed E-state index contributed by atoms with van der Waals surface area (Å²) >= 11 is 1.85. The van der Waals surface area contributed by atoms with Crippen molar-refractivity contribution in [2.24, 2.45) is 0 Å². The molecule has 0 bridgehead atoms. The van der Waals surface area contributed by atoms with Crippen LogP contribution in [0.3, 0.4) is 0 Å². The molecule has 2 nitrogen and oxygen atoms in total. The molecule has 0 radical (unpaired) electrons. The van der Waals surface area contributed by atoms with Crippen molar-refractivity contribution >= 4 is 70.5 Å². The van der Waals surface area contributed by atoms with Crippen LogP contribution >= 0.6 is 11.3 Å². The zero-order chi connectivity index (χ0) is 29.7. The maximum Gasteiger partial charge on any atom is 0.159 e. The topological polar surface area (TPSA) is 16.4 Å². The van der Waals surface area contributed by atoms with Gasteiger partial charge in [-0.25, -0.2) is 0 Å². The van der Waals surface area contributed by atoms with Crippen LogP contribution in [-0.2, 0) is 0 Å². The number of thiophene rings is 1. The molecule has 0 fully saturated rings. The average Bonchev–Trinajstić information content (AvgIpc) is 3.69. The van der Waals surface area contributed by atoms with E-state index in [1.807, 2.05) is 17.4 Å². The summed E-state index contributed by atoms with van der Waals surface area (Å²) in [5.41, 5.74) is 9.70. The van der Waals surface area contributed by atoms with E-state index in [1.165, 1.54) is 42.4 Å². The molecule has 0 N–H and O–H groups in total. The van der Waals surface area contributed by atoms with Gasteiger partial charge in [0.05, 0.1) is 16.1 Å². The maximum atomic E-state index is 6.70. The number of hydrogen-bond acceptors (Lipinski definition) is 3. The molecule has 0 saturated carbocycles. The van der Waals surface area contributed by atoms with Crippen molar-refractivity contribution in [2.45, 2.75) is 0 Å².